The number of allylic oxidation sites excluding steroid dienone is 6. The van der Waals surface area contributed by atoms with Crippen molar-refractivity contribution in [3.05, 3.63) is 358 Å². The summed E-state index contributed by atoms with van der Waals surface area (Å²) in [5.41, 5.74) is 18.4. The number of fused-ring (bicyclic) bond motifs is 12. The second-order valence-electron chi connectivity index (χ2n) is 40.0. The Balaban J connectivity index is 0.000000205. The van der Waals surface area contributed by atoms with Crippen molar-refractivity contribution >= 4 is 177 Å². The molecule has 0 bridgehead atoms. The van der Waals surface area contributed by atoms with Gasteiger partial charge in [0, 0.05) is 151 Å². The van der Waals surface area contributed by atoms with Crippen LogP contribution in [0.15, 0.2) is 332 Å². The van der Waals surface area contributed by atoms with Crippen LogP contribution in [0.5, 0.6) is 0 Å². The monoisotopic (exact) mass is 2700 g/mol. The Morgan fingerprint density at radius 1 is 0.333 bits per heavy atom. The standard InChI is InChI=1S/C26H23N2Si.C22H24NSi2.C20H18NOSi.C20H18NSSi.C14H16NSi.3C5H8O2.4Ir/c1-29(2,3)21-14-15-24(27-18-21)19-13-16-26-23(17-19)22-11-7-8-12-25(22)28(26)20-9-5-4-6-10-20;1-24(2,3)17-12-13-23-20(15-17)16-10-11-22-19(14-16)18-8-6-7-9-21(18)25(22,4)5;2*1-23(2,3)15-9-10-18(21-13-15)14-8-11-20-17(12-14)16-6-4-5-7-19(16)22-20;1-16(2,3)13-9-10-14(15-11-13)12-7-5-4-6-8-12;3*1-4(6)3-5(2)7;;;;/h4-12,14-18H,1-3H3;6-9,11-15H,1-5H3;2*4-7,9-13H,1-3H3;4-7,9-11H,1-3H3;3*3,6H,1-2H3;;;;/q5*-1;;;;;;;. The van der Waals surface area contributed by atoms with Crippen LogP contribution in [-0.2, 0) is 94.8 Å². The molecule has 13 nitrogen and oxygen atoms in total. The number of thiophene rings is 1. The number of furan rings is 1. The molecule has 8 aromatic heterocycles. The smallest absolute Gasteiger partial charge is 0.155 e. The normalized spacial score (nSPS) is 12.1. The Kier molecular flexibility index (Phi) is 41.4. The number of benzene rings is 10. The van der Waals surface area contributed by atoms with E-state index in [2.05, 4.69) is 373 Å². The van der Waals surface area contributed by atoms with E-state index in [1.807, 2.05) is 90.9 Å². The van der Waals surface area contributed by atoms with Gasteiger partial charge in [-0.15, -0.1) is 136 Å². The molecular formula is C117H123Ir4N6O7SSi6-5. The third-order valence-electron chi connectivity index (χ3n) is 23.2. The maximum absolute atomic E-state index is 10.0. The molecule has 0 saturated heterocycles. The summed E-state index contributed by atoms with van der Waals surface area (Å²) < 4.78 is 10.8. The van der Waals surface area contributed by atoms with E-state index < -0.39 is 48.4 Å². The minimum Gasteiger partial charge on any atom is -0.512 e. The largest absolute Gasteiger partial charge is 0.512 e. The first-order chi connectivity index (χ1) is 64.8. The van der Waals surface area contributed by atoms with E-state index in [0.29, 0.717) is 0 Å². The fraction of sp³-hybridized carbons (Fsp3) is 0.197. The average molecular weight is 2690 g/mol. The topological polar surface area (TPSA) is 194 Å². The summed E-state index contributed by atoms with van der Waals surface area (Å²) in [5.74, 6) is -0.187. The van der Waals surface area contributed by atoms with E-state index in [1.165, 1.54) is 144 Å². The Labute approximate surface area is 896 Å². The van der Waals surface area contributed by atoms with Gasteiger partial charge in [-0.1, -0.05) is 295 Å². The van der Waals surface area contributed by atoms with Gasteiger partial charge in [0.2, 0.25) is 0 Å². The summed E-state index contributed by atoms with van der Waals surface area (Å²) in [5, 5.41) is 42.5. The van der Waals surface area contributed by atoms with Gasteiger partial charge in [0.15, 0.2) is 17.3 Å². The number of aromatic nitrogens is 6. The molecule has 0 spiro atoms. The van der Waals surface area contributed by atoms with Crippen molar-refractivity contribution in [1.82, 2.24) is 29.5 Å². The maximum atomic E-state index is 10.0. The molecule has 141 heavy (non-hydrogen) atoms. The summed E-state index contributed by atoms with van der Waals surface area (Å²) in [6.07, 6.45) is 13.6. The fourth-order valence-electron chi connectivity index (χ4n) is 15.8. The number of hydrogen-bond donors (Lipinski definition) is 3. The van der Waals surface area contributed by atoms with Crippen LogP contribution in [0.25, 0.3) is 137 Å². The first-order valence-corrected chi connectivity index (χ1v) is 67.4. The van der Waals surface area contributed by atoms with Gasteiger partial charge < -0.3 is 49.2 Å². The van der Waals surface area contributed by atoms with Crippen molar-refractivity contribution in [2.75, 3.05) is 0 Å². The van der Waals surface area contributed by atoms with Crippen molar-refractivity contribution in [1.29, 1.82) is 0 Å². The first kappa shape index (κ1) is 116. The van der Waals surface area contributed by atoms with Crippen LogP contribution in [-0.4, -0.2) is 111 Å². The zero-order valence-corrected chi connectivity index (χ0v) is 101. The molecule has 0 aliphatic carbocycles. The number of rotatable bonds is 14. The number of nitrogens with zero attached hydrogens (tertiary/aromatic N) is 6. The fourth-order valence-corrected chi connectivity index (χ4v) is 25.2. The number of hydrogen-bond acceptors (Lipinski definition) is 13. The Morgan fingerprint density at radius 3 is 1.23 bits per heavy atom. The zero-order chi connectivity index (χ0) is 99.1. The molecule has 734 valence electrons. The van der Waals surface area contributed by atoms with Crippen LogP contribution in [0.3, 0.4) is 0 Å². The van der Waals surface area contributed by atoms with Gasteiger partial charge in [-0.25, -0.2) is 0 Å². The molecule has 3 N–H and O–H groups in total. The molecule has 9 heterocycles. The van der Waals surface area contributed by atoms with Crippen molar-refractivity contribution in [3.8, 4) is 73.1 Å². The van der Waals surface area contributed by atoms with Crippen LogP contribution in [0.4, 0.5) is 0 Å². The van der Waals surface area contributed by atoms with Gasteiger partial charge in [0.1, 0.15) is 5.58 Å². The van der Waals surface area contributed by atoms with Crippen molar-refractivity contribution in [2.24, 2.45) is 0 Å². The summed E-state index contributed by atoms with van der Waals surface area (Å²) in [6.45, 7) is 48.6. The summed E-state index contributed by atoms with van der Waals surface area (Å²) >= 11 is 1.83. The number of para-hydroxylation sites is 3. The third kappa shape index (κ3) is 30.7. The quantitative estimate of drug-likeness (QED) is 0.0404. The summed E-state index contributed by atoms with van der Waals surface area (Å²) in [6, 6.07) is 109. The second-order valence-corrected chi connectivity index (χ2v) is 70.8. The van der Waals surface area contributed by atoms with E-state index in [0.717, 1.165) is 83.9 Å². The predicted octanol–water partition coefficient (Wildman–Crippen LogP) is 26.7. The average Bonchev–Trinajstić information content (AvgIpc) is 1.59. The number of pyridine rings is 5. The summed E-state index contributed by atoms with van der Waals surface area (Å²) in [7, 11) is -8.13. The SMILES string of the molecule is CC(=O)C=C(C)O.CC(=O)C=C(C)O.CC(=O)C=C(C)O.C[Si](C)(C)c1ccc(-c2[c-]cc3c(c2)c2ccccc2n3-c2ccccc2)nc1.C[Si](C)(C)c1ccc(-c2[c-]cc3oc4ccccc4c3c2)nc1.C[Si](C)(C)c1ccc(-c2[c-]cc3sc4ccccc4c3c2)nc1.C[Si](C)(C)c1ccc(-c2[c-]cccc2)nc1.C[Si](C)(C)c1ccnc(-c2[c-]cc3c(c2)-c2ccccc2[Si]3(C)C)c1.[Ir].[Ir].[Ir].[Ir]. The number of carbonyl (C=O) groups excluding carboxylic acids is 3. The molecule has 19 rings (SSSR count). The van der Waals surface area contributed by atoms with Crippen LogP contribution in [0, 0.1) is 30.3 Å². The first-order valence-electron chi connectivity index (χ1n) is 46.1. The molecule has 24 heteroatoms. The van der Waals surface area contributed by atoms with Gasteiger partial charge in [0.25, 0.3) is 0 Å². The predicted molar refractivity (Wildman–Crippen MR) is 595 cm³/mol. The molecule has 0 fully saturated rings. The van der Waals surface area contributed by atoms with E-state index in [-0.39, 0.29) is 115 Å². The van der Waals surface area contributed by atoms with E-state index in [1.54, 1.807) is 5.19 Å². The van der Waals surface area contributed by atoms with Crippen molar-refractivity contribution < 1.29 is 115 Å². The molecule has 1 aliphatic heterocycles. The molecule has 0 amide bonds. The van der Waals surface area contributed by atoms with Crippen LogP contribution < -0.4 is 36.3 Å². The van der Waals surface area contributed by atoms with Gasteiger partial charge in [-0.05, 0) is 154 Å². The van der Waals surface area contributed by atoms with Gasteiger partial charge in [-0.3, -0.25) is 14.4 Å². The van der Waals surface area contributed by atoms with E-state index >= 15 is 0 Å². The number of ketones is 3. The Bertz CT molecular complexity index is 7180. The molecule has 1 aliphatic rings. The minimum absolute atomic E-state index is 0. The molecular weight excluding hydrogens is 2570 g/mol. The molecule has 0 saturated carbocycles. The number of aliphatic hydroxyl groups is 3. The Morgan fingerprint density at radius 2 is 0.752 bits per heavy atom. The summed E-state index contributed by atoms with van der Waals surface area (Å²) in [4.78, 5) is 53.3. The number of aliphatic hydroxyl groups excluding tert-OH is 3. The molecule has 4 radical (unpaired) electrons. The third-order valence-corrected chi connectivity index (χ3v) is 38.1. The van der Waals surface area contributed by atoms with Gasteiger partial charge >= 0.3 is 0 Å². The second kappa shape index (κ2) is 50.5. The van der Waals surface area contributed by atoms with Crippen LogP contribution >= 0.6 is 11.3 Å². The zero-order valence-electron chi connectivity index (χ0n) is 84.3. The van der Waals surface area contributed by atoms with E-state index in [4.69, 9.17) is 29.7 Å². The molecule has 0 unspecified atom stereocenters. The molecule has 18 aromatic rings. The van der Waals surface area contributed by atoms with Crippen molar-refractivity contribution in [2.45, 2.75) is 153 Å². The van der Waals surface area contributed by atoms with Gasteiger partial charge in [0.05, 0.1) is 71.3 Å². The minimum atomic E-state index is -1.59. The maximum Gasteiger partial charge on any atom is 0.155 e. The molecule has 10 aromatic carbocycles. The Hall–Kier alpha value is -10.7. The van der Waals surface area contributed by atoms with Crippen LogP contribution in [0.1, 0.15) is 41.5 Å². The number of carbonyl (C=O) groups is 3. The van der Waals surface area contributed by atoms with E-state index in [9.17, 15) is 14.4 Å². The van der Waals surface area contributed by atoms with Crippen LogP contribution in [0.2, 0.25) is 111 Å². The van der Waals surface area contributed by atoms with Gasteiger partial charge in [-0.2, -0.15) is 11.3 Å². The van der Waals surface area contributed by atoms with Crippen molar-refractivity contribution in [3.63, 3.8) is 0 Å². The molecule has 0 atom stereocenters.